The van der Waals surface area contributed by atoms with E-state index in [-0.39, 0.29) is 28.4 Å². The summed E-state index contributed by atoms with van der Waals surface area (Å²) in [6, 6.07) is 11.3. The quantitative estimate of drug-likeness (QED) is 0.664. The van der Waals surface area contributed by atoms with Crippen LogP contribution >= 0.6 is 11.6 Å². The van der Waals surface area contributed by atoms with Crippen LogP contribution in [-0.4, -0.2) is 42.1 Å². The summed E-state index contributed by atoms with van der Waals surface area (Å²) in [6.45, 7) is 0.0501. The van der Waals surface area contributed by atoms with E-state index in [9.17, 15) is 21.6 Å². The number of carbonyl (C=O) groups excluding carboxylic acids is 1. The molecule has 0 saturated carbocycles. The monoisotopic (exact) mass is 416 g/mol. The van der Waals surface area contributed by atoms with Gasteiger partial charge in [-0.25, -0.2) is 21.6 Å². The fraction of sp³-hybridized carbons (Fsp3) is 0.188. The number of sulfonamides is 1. The van der Waals surface area contributed by atoms with Gasteiger partial charge < -0.3 is 5.32 Å². The molecular formula is C16H17ClN2O5S2. The minimum Gasteiger partial charge on any atom is -0.351 e. The maximum atomic E-state index is 12.1. The first-order chi connectivity index (χ1) is 12.1. The van der Waals surface area contributed by atoms with Gasteiger partial charge in [0.25, 0.3) is 5.91 Å². The summed E-state index contributed by atoms with van der Waals surface area (Å²) in [6.07, 6.45) is 1.08. The number of hydrogen-bond donors (Lipinski definition) is 2. The first-order valence-electron chi connectivity index (χ1n) is 7.43. The van der Waals surface area contributed by atoms with Crippen LogP contribution < -0.4 is 10.0 Å². The normalized spacial score (nSPS) is 11.9. The lowest BCUT2D eigenvalue weighted by atomic mass is 10.2. The van der Waals surface area contributed by atoms with Crippen LogP contribution in [0.4, 0.5) is 0 Å². The highest BCUT2D eigenvalue weighted by Crippen LogP contribution is 2.15. The van der Waals surface area contributed by atoms with Gasteiger partial charge in [-0.15, -0.1) is 0 Å². The summed E-state index contributed by atoms with van der Waals surface area (Å²) in [5.74, 6) is -0.438. The Morgan fingerprint density at radius 2 is 1.62 bits per heavy atom. The number of carbonyl (C=O) groups is 1. The highest BCUT2D eigenvalue weighted by atomic mass is 35.5. The molecule has 10 heteroatoms. The van der Waals surface area contributed by atoms with Gasteiger partial charge in [-0.2, -0.15) is 0 Å². The van der Waals surface area contributed by atoms with E-state index < -0.39 is 25.8 Å². The van der Waals surface area contributed by atoms with E-state index in [1.165, 1.54) is 42.5 Å². The van der Waals surface area contributed by atoms with Gasteiger partial charge in [0.15, 0.2) is 9.84 Å². The SMILES string of the molecule is CS(=O)(=O)c1ccc(C(=O)NCCNS(=O)(=O)c2cccc(Cl)c2)cc1. The molecule has 0 aliphatic rings. The highest BCUT2D eigenvalue weighted by Gasteiger charge is 2.14. The predicted molar refractivity (Wildman–Crippen MR) is 98.5 cm³/mol. The van der Waals surface area contributed by atoms with Crippen LogP contribution in [0.15, 0.2) is 58.3 Å². The fourth-order valence-electron chi connectivity index (χ4n) is 2.03. The molecule has 0 aromatic heterocycles. The third kappa shape index (κ3) is 5.53. The van der Waals surface area contributed by atoms with E-state index >= 15 is 0 Å². The molecular weight excluding hydrogens is 400 g/mol. The minimum absolute atomic E-state index is 0.0119. The van der Waals surface area contributed by atoms with Gasteiger partial charge in [-0.05, 0) is 42.5 Å². The summed E-state index contributed by atoms with van der Waals surface area (Å²) < 4.78 is 49.3. The van der Waals surface area contributed by atoms with Crippen molar-refractivity contribution >= 4 is 37.4 Å². The molecule has 0 radical (unpaired) electrons. The summed E-state index contributed by atoms with van der Waals surface area (Å²) in [5, 5.41) is 2.86. The Bertz CT molecular complexity index is 1000. The van der Waals surface area contributed by atoms with E-state index in [1.807, 2.05) is 0 Å². The van der Waals surface area contributed by atoms with Crippen molar-refractivity contribution in [2.45, 2.75) is 9.79 Å². The molecule has 0 aliphatic heterocycles. The average molecular weight is 417 g/mol. The predicted octanol–water partition coefficient (Wildman–Crippen LogP) is 1.45. The lowest BCUT2D eigenvalue weighted by Gasteiger charge is -2.09. The van der Waals surface area contributed by atoms with Gasteiger partial charge in [-0.1, -0.05) is 17.7 Å². The molecule has 0 saturated heterocycles. The third-order valence-corrected chi connectivity index (χ3v) is 6.18. The molecule has 26 heavy (non-hydrogen) atoms. The molecule has 1 amide bonds. The van der Waals surface area contributed by atoms with Crippen LogP contribution in [0.3, 0.4) is 0 Å². The van der Waals surface area contributed by atoms with Crippen molar-refractivity contribution in [2.75, 3.05) is 19.3 Å². The second kappa shape index (κ2) is 8.17. The Morgan fingerprint density at radius 3 is 2.19 bits per heavy atom. The zero-order chi connectivity index (χ0) is 19.4. The van der Waals surface area contributed by atoms with Crippen LogP contribution in [0.25, 0.3) is 0 Å². The van der Waals surface area contributed by atoms with E-state index in [0.717, 1.165) is 6.26 Å². The summed E-state index contributed by atoms with van der Waals surface area (Å²) in [7, 11) is -7.05. The van der Waals surface area contributed by atoms with Crippen LogP contribution in [0, 0.1) is 0 Å². The molecule has 2 rings (SSSR count). The molecule has 2 aromatic carbocycles. The standard InChI is InChI=1S/C16H17ClN2O5S2/c1-25(21,22)14-7-5-12(6-8-14)16(20)18-9-10-19-26(23,24)15-4-2-3-13(17)11-15/h2-8,11,19H,9-10H2,1H3,(H,18,20). The van der Waals surface area contributed by atoms with Gasteiger partial charge >= 0.3 is 0 Å². The van der Waals surface area contributed by atoms with Crippen molar-refractivity contribution < 1.29 is 21.6 Å². The zero-order valence-corrected chi connectivity index (χ0v) is 16.2. The first-order valence-corrected chi connectivity index (χ1v) is 11.2. The molecule has 0 atom stereocenters. The van der Waals surface area contributed by atoms with Crippen molar-refractivity contribution in [3.63, 3.8) is 0 Å². The fourth-order valence-corrected chi connectivity index (χ4v) is 4.00. The number of nitrogens with one attached hydrogen (secondary N) is 2. The number of benzene rings is 2. The third-order valence-electron chi connectivity index (χ3n) is 3.35. The smallest absolute Gasteiger partial charge is 0.251 e. The lowest BCUT2D eigenvalue weighted by Crippen LogP contribution is -2.34. The minimum atomic E-state index is -3.72. The number of sulfone groups is 1. The average Bonchev–Trinajstić information content (AvgIpc) is 2.58. The van der Waals surface area contributed by atoms with Gasteiger partial charge in [-0.3, -0.25) is 4.79 Å². The summed E-state index contributed by atoms with van der Waals surface area (Å²) in [5.41, 5.74) is 0.273. The van der Waals surface area contributed by atoms with Gasteiger partial charge in [0.2, 0.25) is 10.0 Å². The second-order valence-corrected chi connectivity index (χ2v) is 9.63. The molecule has 140 valence electrons. The molecule has 0 bridgehead atoms. The lowest BCUT2D eigenvalue weighted by molar-refractivity contribution is 0.0954. The van der Waals surface area contributed by atoms with Gasteiger partial charge in [0.05, 0.1) is 9.79 Å². The molecule has 0 spiro atoms. The topological polar surface area (TPSA) is 109 Å². The van der Waals surface area contributed by atoms with Crippen molar-refractivity contribution in [2.24, 2.45) is 0 Å². The Hall–Kier alpha value is -1.94. The van der Waals surface area contributed by atoms with E-state index in [4.69, 9.17) is 11.6 Å². The number of amides is 1. The molecule has 0 fully saturated rings. The van der Waals surface area contributed by atoms with Crippen molar-refractivity contribution in [1.82, 2.24) is 10.0 Å². The van der Waals surface area contributed by atoms with Crippen LogP contribution in [0.1, 0.15) is 10.4 Å². The highest BCUT2D eigenvalue weighted by molar-refractivity contribution is 7.90. The van der Waals surface area contributed by atoms with Crippen molar-refractivity contribution in [3.05, 3.63) is 59.1 Å². The Kier molecular flexibility index (Phi) is 6.40. The molecule has 7 nitrogen and oxygen atoms in total. The van der Waals surface area contributed by atoms with Crippen molar-refractivity contribution in [3.8, 4) is 0 Å². The van der Waals surface area contributed by atoms with Crippen LogP contribution in [0.2, 0.25) is 5.02 Å². The van der Waals surface area contributed by atoms with E-state index in [1.54, 1.807) is 6.07 Å². The second-order valence-electron chi connectivity index (χ2n) is 5.41. The Morgan fingerprint density at radius 1 is 0.962 bits per heavy atom. The van der Waals surface area contributed by atoms with Crippen molar-refractivity contribution in [1.29, 1.82) is 0 Å². The summed E-state index contributed by atoms with van der Waals surface area (Å²) >= 11 is 5.77. The first kappa shape index (κ1) is 20.4. The number of hydrogen-bond acceptors (Lipinski definition) is 5. The molecule has 2 N–H and O–H groups in total. The van der Waals surface area contributed by atoms with E-state index in [0.29, 0.717) is 5.02 Å². The summed E-state index contributed by atoms with van der Waals surface area (Å²) in [4.78, 5) is 12.1. The maximum absolute atomic E-state index is 12.1. The largest absolute Gasteiger partial charge is 0.351 e. The molecule has 2 aromatic rings. The zero-order valence-electron chi connectivity index (χ0n) is 13.8. The number of rotatable bonds is 7. The van der Waals surface area contributed by atoms with Crippen LogP contribution in [0.5, 0.6) is 0 Å². The van der Waals surface area contributed by atoms with E-state index in [2.05, 4.69) is 10.0 Å². The Labute approximate surface area is 157 Å². The number of halogens is 1. The molecule has 0 heterocycles. The molecule has 0 aliphatic carbocycles. The maximum Gasteiger partial charge on any atom is 0.251 e. The van der Waals surface area contributed by atoms with Crippen LogP contribution in [-0.2, 0) is 19.9 Å². The van der Waals surface area contributed by atoms with Gasteiger partial charge in [0.1, 0.15) is 0 Å². The molecule has 0 unspecified atom stereocenters. The Balaban J connectivity index is 1.88. The van der Waals surface area contributed by atoms with Gasteiger partial charge in [0, 0.05) is 29.9 Å².